The third kappa shape index (κ3) is 5.12. The molecule has 0 bridgehead atoms. The van der Waals surface area contributed by atoms with Crippen molar-refractivity contribution in [3.63, 3.8) is 0 Å². The second kappa shape index (κ2) is 12.7. The molecule has 5 heteroatoms. The molecule has 1 aliphatic heterocycles. The van der Waals surface area contributed by atoms with Gasteiger partial charge in [-0.05, 0) is 71.3 Å². The molecule has 2 aliphatic rings. The number of hydrogen-bond donors (Lipinski definition) is 1. The summed E-state index contributed by atoms with van der Waals surface area (Å²) in [5.74, 6) is 0.459. The minimum absolute atomic E-state index is 0.181. The molecule has 3 heterocycles. The predicted molar refractivity (Wildman–Crippen MR) is 224 cm³/mol. The van der Waals surface area contributed by atoms with Crippen LogP contribution in [0.3, 0.4) is 0 Å². The van der Waals surface area contributed by atoms with E-state index in [1.54, 1.807) is 0 Å². The van der Waals surface area contributed by atoms with Crippen molar-refractivity contribution in [2.24, 2.45) is 5.92 Å². The van der Waals surface area contributed by atoms with Crippen molar-refractivity contribution in [1.29, 1.82) is 0 Å². The molecule has 9 aromatic rings. The Kier molecular flexibility index (Phi) is 7.37. The number of rotatable bonds is 8. The first-order valence-corrected chi connectivity index (χ1v) is 19.0. The molecule has 0 radical (unpaired) electrons. The van der Waals surface area contributed by atoms with Gasteiger partial charge < -0.3 is 9.13 Å². The van der Waals surface area contributed by atoms with Gasteiger partial charge >= 0.3 is 0 Å². The molecule has 1 aliphatic carbocycles. The summed E-state index contributed by atoms with van der Waals surface area (Å²) < 4.78 is 4.92. The second-order valence-corrected chi connectivity index (χ2v) is 14.7. The zero-order chi connectivity index (χ0) is 35.6. The van der Waals surface area contributed by atoms with Crippen LogP contribution in [0.4, 0.5) is 0 Å². The summed E-state index contributed by atoms with van der Waals surface area (Å²) in [5.41, 5.74) is 13.5. The minimum atomic E-state index is 0.181. The van der Waals surface area contributed by atoms with Gasteiger partial charge in [0.1, 0.15) is 6.17 Å². The maximum atomic E-state index is 3.67. The average molecular weight is 698 g/mol. The van der Waals surface area contributed by atoms with Crippen molar-refractivity contribution in [2.75, 3.05) is 6.54 Å². The van der Waals surface area contributed by atoms with E-state index in [1.807, 2.05) is 0 Å². The Labute approximate surface area is 314 Å². The van der Waals surface area contributed by atoms with E-state index in [4.69, 9.17) is 0 Å². The van der Waals surface area contributed by atoms with Gasteiger partial charge in [0.25, 0.3) is 0 Å². The van der Waals surface area contributed by atoms with Gasteiger partial charge in [0.2, 0.25) is 0 Å². The molecule has 0 spiro atoms. The molecular weight excluding hydrogens is 659 g/mol. The smallest absolute Gasteiger partial charge is 0.129 e. The Morgan fingerprint density at radius 3 is 1.89 bits per heavy atom. The topological polar surface area (TPSA) is 38.0 Å². The van der Waals surface area contributed by atoms with Crippen LogP contribution >= 0.6 is 0 Å². The first-order valence-electron chi connectivity index (χ1n) is 19.0. The van der Waals surface area contributed by atoms with Crippen LogP contribution in [0.25, 0.3) is 65.8 Å². The van der Waals surface area contributed by atoms with Crippen molar-refractivity contribution in [2.45, 2.75) is 19.1 Å². The van der Waals surface area contributed by atoms with E-state index in [0.717, 1.165) is 19.5 Å². The lowest BCUT2D eigenvalue weighted by Gasteiger charge is -2.27. The lowest BCUT2D eigenvalue weighted by molar-refractivity contribution is 0.0392. The number of fused-ring (bicyclic) bond motifs is 7. The molecule has 7 aromatic carbocycles. The summed E-state index contributed by atoms with van der Waals surface area (Å²) >= 11 is 0. The van der Waals surface area contributed by atoms with Gasteiger partial charge in [-0.15, -0.1) is 0 Å². The number of benzene rings is 7. The standard InChI is InChI=1S/C49H39N5/c1-4-16-34(17-5-1)32-51(54-49(50-54)35-18-6-2-7-19-35)33-36-28-29-46(39-23-11-10-22-38(36)39)53-45-27-15-13-25-41(45)43-30-42-40-24-12-14-26-44(40)52(47(42)31-48(43)53)37-20-8-3-9-21-37/h1-16,18-31,34,49-50H,17,32-33H2/t34?,49?,54-/m1/s1. The number of para-hydroxylation sites is 3. The molecule has 3 atom stereocenters. The summed E-state index contributed by atoms with van der Waals surface area (Å²) in [6, 6.07) is 57.7. The summed E-state index contributed by atoms with van der Waals surface area (Å²) in [6.45, 7) is 1.74. The van der Waals surface area contributed by atoms with Crippen LogP contribution in [-0.4, -0.2) is 25.8 Å². The highest BCUT2D eigenvalue weighted by atomic mass is 16.0. The number of nitrogens with one attached hydrogen (secondary N) is 1. The lowest BCUT2D eigenvalue weighted by atomic mass is 9.99. The summed E-state index contributed by atoms with van der Waals surface area (Å²) in [6.07, 6.45) is 10.2. The van der Waals surface area contributed by atoms with Crippen LogP contribution in [0.1, 0.15) is 23.7 Å². The maximum absolute atomic E-state index is 3.67. The second-order valence-electron chi connectivity index (χ2n) is 14.7. The van der Waals surface area contributed by atoms with Gasteiger partial charge in [-0.25, -0.2) is 10.4 Å². The zero-order valence-electron chi connectivity index (χ0n) is 29.9. The normalized spacial score (nSPS) is 18.2. The number of hydrogen-bond acceptors (Lipinski definition) is 3. The van der Waals surface area contributed by atoms with E-state index in [0.29, 0.717) is 5.92 Å². The van der Waals surface area contributed by atoms with Gasteiger partial charge in [0.05, 0.1) is 27.8 Å². The Hall–Kier alpha value is -6.24. The van der Waals surface area contributed by atoms with Crippen LogP contribution < -0.4 is 5.43 Å². The average Bonchev–Trinajstić information content (AvgIpc) is 3.89. The van der Waals surface area contributed by atoms with Crippen molar-refractivity contribution in [3.05, 3.63) is 193 Å². The van der Waals surface area contributed by atoms with Crippen molar-refractivity contribution in [1.82, 2.24) is 24.7 Å². The number of hydrazine groups is 2. The van der Waals surface area contributed by atoms with Gasteiger partial charge in [0.15, 0.2) is 0 Å². The van der Waals surface area contributed by atoms with Crippen LogP contribution in [0.15, 0.2) is 182 Å². The largest absolute Gasteiger partial charge is 0.309 e. The fourth-order valence-corrected chi connectivity index (χ4v) is 8.88. The van der Waals surface area contributed by atoms with Gasteiger partial charge in [-0.2, -0.15) is 5.12 Å². The maximum Gasteiger partial charge on any atom is 0.129 e. The molecule has 2 aromatic heterocycles. The lowest BCUT2D eigenvalue weighted by Crippen LogP contribution is -2.35. The van der Waals surface area contributed by atoms with Crippen molar-refractivity contribution >= 4 is 54.4 Å². The monoisotopic (exact) mass is 697 g/mol. The van der Waals surface area contributed by atoms with Gasteiger partial charge in [0, 0.05) is 45.7 Å². The molecule has 1 N–H and O–H groups in total. The van der Waals surface area contributed by atoms with E-state index in [-0.39, 0.29) is 6.17 Å². The minimum Gasteiger partial charge on any atom is -0.309 e. The van der Waals surface area contributed by atoms with E-state index < -0.39 is 0 Å². The first kappa shape index (κ1) is 31.3. The molecule has 1 fully saturated rings. The number of allylic oxidation sites excluding steroid dienone is 3. The molecular formula is C49H39N5. The molecule has 0 amide bonds. The highest BCUT2D eigenvalue weighted by molar-refractivity contribution is 6.19. The van der Waals surface area contributed by atoms with Gasteiger partial charge in [-0.3, -0.25) is 0 Å². The van der Waals surface area contributed by atoms with E-state index in [9.17, 15) is 0 Å². The summed E-state index contributed by atoms with van der Waals surface area (Å²) in [7, 11) is 0. The Morgan fingerprint density at radius 1 is 0.537 bits per heavy atom. The Bertz CT molecular complexity index is 2920. The molecule has 54 heavy (non-hydrogen) atoms. The van der Waals surface area contributed by atoms with Gasteiger partial charge in [-0.1, -0.05) is 140 Å². The number of nitrogens with zero attached hydrogens (tertiary/aromatic N) is 4. The van der Waals surface area contributed by atoms with E-state index >= 15 is 0 Å². The van der Waals surface area contributed by atoms with Crippen LogP contribution in [0.5, 0.6) is 0 Å². The predicted octanol–water partition coefficient (Wildman–Crippen LogP) is 11.4. The fourth-order valence-electron chi connectivity index (χ4n) is 8.88. The van der Waals surface area contributed by atoms with E-state index in [1.165, 1.54) is 76.9 Å². The quantitative estimate of drug-likeness (QED) is 0.161. The molecule has 11 rings (SSSR count). The Balaban J connectivity index is 1.08. The van der Waals surface area contributed by atoms with Crippen molar-refractivity contribution < 1.29 is 0 Å². The highest BCUT2D eigenvalue weighted by Gasteiger charge is 2.40. The summed E-state index contributed by atoms with van der Waals surface area (Å²) in [5, 5.41) is 12.4. The summed E-state index contributed by atoms with van der Waals surface area (Å²) in [4.78, 5) is 0. The highest BCUT2D eigenvalue weighted by Crippen LogP contribution is 2.41. The van der Waals surface area contributed by atoms with E-state index in [2.05, 4.69) is 207 Å². The SMILES string of the molecule is C1=CCC(CN(Cc2ccc(-n3c4ccccc4c4cc5c6ccccc6n(-c6ccccc6)c5cc43)c3ccccc23)[N@@]2NC2c2ccccc2)C=C1. The molecule has 0 saturated carbocycles. The van der Waals surface area contributed by atoms with Crippen LogP contribution in [0, 0.1) is 5.92 Å². The number of aromatic nitrogens is 2. The third-order valence-electron chi connectivity index (χ3n) is 11.4. The van der Waals surface area contributed by atoms with Crippen molar-refractivity contribution in [3.8, 4) is 11.4 Å². The molecule has 2 unspecified atom stereocenters. The zero-order valence-corrected chi connectivity index (χ0v) is 29.9. The molecule has 260 valence electrons. The molecule has 1 saturated heterocycles. The Morgan fingerprint density at radius 2 is 1.17 bits per heavy atom. The fraction of sp³-hybridized carbons (Fsp3) is 0.102. The molecule has 5 nitrogen and oxygen atoms in total. The van der Waals surface area contributed by atoms with Crippen LogP contribution in [0.2, 0.25) is 0 Å². The first-order chi connectivity index (χ1) is 26.8. The van der Waals surface area contributed by atoms with Crippen LogP contribution in [-0.2, 0) is 6.54 Å². The third-order valence-corrected chi connectivity index (χ3v) is 11.4.